The molecule has 0 saturated carbocycles. The number of rotatable bonds is 6. The molecule has 0 aliphatic carbocycles. The molecule has 0 aromatic heterocycles. The van der Waals surface area contributed by atoms with Crippen molar-refractivity contribution in [1.82, 2.24) is 5.32 Å². The molecule has 0 spiro atoms. The molecule has 0 aromatic rings. The maximum atomic E-state index is 10.9. The highest BCUT2D eigenvalue weighted by Gasteiger charge is 1.96. The fourth-order valence-electron chi connectivity index (χ4n) is 0.754. The molecule has 0 unspecified atom stereocenters. The van der Waals surface area contributed by atoms with Crippen molar-refractivity contribution >= 4 is 21.8 Å². The number of terminal acetylenes is 1. The number of carbonyl (C=O) groups is 1. The Morgan fingerprint density at radius 3 is 2.83 bits per heavy atom. The van der Waals surface area contributed by atoms with Gasteiger partial charge in [-0.25, -0.2) is 0 Å². The Hall–Kier alpha value is -0.490. The van der Waals surface area contributed by atoms with E-state index in [1.54, 1.807) is 0 Å². The molecule has 3 heteroatoms. The predicted octanol–water partition coefficient (Wildman–Crippen LogP) is 1.69. The van der Waals surface area contributed by atoms with Crippen molar-refractivity contribution in [2.75, 3.05) is 11.9 Å². The molecule has 0 aliphatic rings. The second-order valence-corrected chi connectivity index (χ2v) is 3.24. The van der Waals surface area contributed by atoms with E-state index < -0.39 is 0 Å². The summed E-state index contributed by atoms with van der Waals surface area (Å²) in [6.07, 6.45) is 8.39. The second kappa shape index (κ2) is 8.61. The Bertz CT molecular complexity index is 162. The van der Waals surface area contributed by atoms with Crippen LogP contribution in [0.15, 0.2) is 0 Å². The maximum Gasteiger partial charge on any atom is 0.220 e. The highest BCUT2D eigenvalue weighted by atomic mass is 79.9. The summed E-state index contributed by atoms with van der Waals surface area (Å²) in [6.45, 7) is 0.744. The highest BCUT2D eigenvalue weighted by molar-refractivity contribution is 9.09. The first-order valence-corrected chi connectivity index (χ1v) is 5.19. The fraction of sp³-hybridized carbons (Fsp3) is 0.667. The van der Waals surface area contributed by atoms with Crippen LogP contribution in [-0.4, -0.2) is 17.8 Å². The Balaban J connectivity index is 3.09. The van der Waals surface area contributed by atoms with Gasteiger partial charge in [0.2, 0.25) is 5.91 Å². The molecule has 1 amide bonds. The third-order valence-electron chi connectivity index (χ3n) is 1.39. The third-order valence-corrected chi connectivity index (χ3v) is 1.79. The van der Waals surface area contributed by atoms with E-state index in [1.807, 2.05) is 0 Å². The molecule has 1 N–H and O–H groups in total. The van der Waals surface area contributed by atoms with Gasteiger partial charge >= 0.3 is 0 Å². The number of alkyl halides is 1. The van der Waals surface area contributed by atoms with E-state index in [0.717, 1.165) is 31.1 Å². The van der Waals surface area contributed by atoms with Gasteiger partial charge in [-0.05, 0) is 12.8 Å². The van der Waals surface area contributed by atoms with Crippen LogP contribution in [0.3, 0.4) is 0 Å². The van der Waals surface area contributed by atoms with Crippen LogP contribution < -0.4 is 5.32 Å². The molecule has 12 heavy (non-hydrogen) atoms. The zero-order valence-electron chi connectivity index (χ0n) is 7.11. The highest BCUT2D eigenvalue weighted by Crippen LogP contribution is 1.92. The maximum absolute atomic E-state index is 10.9. The third kappa shape index (κ3) is 7.62. The van der Waals surface area contributed by atoms with Gasteiger partial charge in [-0.1, -0.05) is 15.9 Å². The topological polar surface area (TPSA) is 29.1 Å². The summed E-state index contributed by atoms with van der Waals surface area (Å²) < 4.78 is 0. The number of hydrogen-bond acceptors (Lipinski definition) is 1. The van der Waals surface area contributed by atoms with Gasteiger partial charge in [0.05, 0.1) is 0 Å². The van der Waals surface area contributed by atoms with Crippen molar-refractivity contribution in [3.8, 4) is 12.3 Å². The summed E-state index contributed by atoms with van der Waals surface area (Å²) in [5, 5.41) is 3.53. The van der Waals surface area contributed by atoms with Crippen molar-refractivity contribution in [2.24, 2.45) is 0 Å². The van der Waals surface area contributed by atoms with E-state index in [-0.39, 0.29) is 5.91 Å². The normalized spacial score (nSPS) is 9.00. The first-order valence-electron chi connectivity index (χ1n) is 4.07. The van der Waals surface area contributed by atoms with Gasteiger partial charge in [0, 0.05) is 24.7 Å². The zero-order valence-corrected chi connectivity index (χ0v) is 8.69. The number of carbonyl (C=O) groups excluding carboxylic acids is 1. The smallest absolute Gasteiger partial charge is 0.220 e. The minimum Gasteiger partial charge on any atom is -0.356 e. The van der Waals surface area contributed by atoms with Crippen LogP contribution in [0.1, 0.15) is 25.7 Å². The van der Waals surface area contributed by atoms with Crippen LogP contribution in [-0.2, 0) is 4.79 Å². The van der Waals surface area contributed by atoms with E-state index in [1.165, 1.54) is 0 Å². The Labute approximate surface area is 82.2 Å². The summed E-state index contributed by atoms with van der Waals surface area (Å²) >= 11 is 3.20. The van der Waals surface area contributed by atoms with Crippen LogP contribution in [0.5, 0.6) is 0 Å². The standard InChI is InChI=1S/C9H14BrNO/c1-2-3-4-5-8-11-9(12)6-7-10/h1H,3-8H2,(H,11,12). The molecule has 0 radical (unpaired) electrons. The number of hydrogen-bond donors (Lipinski definition) is 1. The van der Waals surface area contributed by atoms with Crippen molar-refractivity contribution in [3.05, 3.63) is 0 Å². The average Bonchev–Trinajstić information content (AvgIpc) is 2.05. The largest absolute Gasteiger partial charge is 0.356 e. The Morgan fingerprint density at radius 1 is 1.50 bits per heavy atom. The van der Waals surface area contributed by atoms with Gasteiger partial charge < -0.3 is 5.32 Å². The summed E-state index contributed by atoms with van der Waals surface area (Å²) in [4.78, 5) is 10.9. The molecule has 0 aliphatic heterocycles. The van der Waals surface area contributed by atoms with E-state index in [0.29, 0.717) is 6.42 Å². The van der Waals surface area contributed by atoms with Gasteiger partial charge in [0.15, 0.2) is 0 Å². The first kappa shape index (κ1) is 11.5. The quantitative estimate of drug-likeness (QED) is 0.421. The average molecular weight is 232 g/mol. The summed E-state index contributed by atoms with van der Waals surface area (Å²) in [6, 6.07) is 0. The number of nitrogens with one attached hydrogen (secondary N) is 1. The molecule has 0 aromatic carbocycles. The lowest BCUT2D eigenvalue weighted by atomic mass is 10.2. The fourth-order valence-corrected chi connectivity index (χ4v) is 1.11. The Kier molecular flexibility index (Phi) is 8.25. The summed E-state index contributed by atoms with van der Waals surface area (Å²) in [5.74, 6) is 2.67. The molecular formula is C9H14BrNO. The summed E-state index contributed by atoms with van der Waals surface area (Å²) in [5.41, 5.74) is 0. The summed E-state index contributed by atoms with van der Waals surface area (Å²) in [7, 11) is 0. The van der Waals surface area contributed by atoms with Crippen molar-refractivity contribution in [2.45, 2.75) is 25.7 Å². The van der Waals surface area contributed by atoms with Crippen LogP contribution in [0.2, 0.25) is 0 Å². The molecule has 68 valence electrons. The van der Waals surface area contributed by atoms with E-state index in [2.05, 4.69) is 27.2 Å². The second-order valence-electron chi connectivity index (χ2n) is 2.45. The Morgan fingerprint density at radius 2 is 2.25 bits per heavy atom. The van der Waals surface area contributed by atoms with Gasteiger partial charge in [-0.3, -0.25) is 4.79 Å². The molecule has 0 rings (SSSR count). The number of halogens is 1. The number of unbranched alkanes of at least 4 members (excludes halogenated alkanes) is 2. The lowest BCUT2D eigenvalue weighted by molar-refractivity contribution is -0.120. The predicted molar refractivity (Wildman–Crippen MR) is 54.1 cm³/mol. The van der Waals surface area contributed by atoms with Crippen LogP contribution in [0, 0.1) is 12.3 Å². The lowest BCUT2D eigenvalue weighted by Gasteiger charge is -2.01. The SMILES string of the molecule is C#CCCCCNC(=O)CCBr. The molecule has 0 atom stereocenters. The van der Waals surface area contributed by atoms with Crippen molar-refractivity contribution in [3.63, 3.8) is 0 Å². The first-order chi connectivity index (χ1) is 5.81. The molecular weight excluding hydrogens is 218 g/mol. The molecule has 0 saturated heterocycles. The van der Waals surface area contributed by atoms with Crippen molar-refractivity contribution in [1.29, 1.82) is 0 Å². The molecule has 0 bridgehead atoms. The minimum atomic E-state index is 0.104. The van der Waals surface area contributed by atoms with Gasteiger partial charge in [0.25, 0.3) is 0 Å². The monoisotopic (exact) mass is 231 g/mol. The van der Waals surface area contributed by atoms with Crippen LogP contribution in [0.4, 0.5) is 0 Å². The molecule has 0 fully saturated rings. The van der Waals surface area contributed by atoms with E-state index in [9.17, 15) is 4.79 Å². The van der Waals surface area contributed by atoms with Gasteiger partial charge in [-0.15, -0.1) is 12.3 Å². The molecule has 2 nitrogen and oxygen atoms in total. The van der Waals surface area contributed by atoms with Gasteiger partial charge in [0.1, 0.15) is 0 Å². The van der Waals surface area contributed by atoms with Crippen LogP contribution >= 0.6 is 15.9 Å². The minimum absolute atomic E-state index is 0.104. The van der Waals surface area contributed by atoms with Gasteiger partial charge in [-0.2, -0.15) is 0 Å². The molecule has 0 heterocycles. The van der Waals surface area contributed by atoms with E-state index >= 15 is 0 Å². The lowest BCUT2D eigenvalue weighted by Crippen LogP contribution is -2.24. The number of amides is 1. The van der Waals surface area contributed by atoms with Crippen molar-refractivity contribution < 1.29 is 4.79 Å². The van der Waals surface area contributed by atoms with Crippen LogP contribution in [0.25, 0.3) is 0 Å². The van der Waals surface area contributed by atoms with E-state index in [4.69, 9.17) is 6.42 Å². The zero-order chi connectivity index (χ0) is 9.23.